The summed E-state index contributed by atoms with van der Waals surface area (Å²) in [5.74, 6) is -0.673. The molecule has 136 valence electrons. The number of aryl methyl sites for hydroxylation is 1. The van der Waals surface area contributed by atoms with Crippen LogP contribution in [0.25, 0.3) is 0 Å². The minimum atomic E-state index is -0.536. The van der Waals surface area contributed by atoms with Gasteiger partial charge in [0.05, 0.1) is 17.2 Å². The number of likely N-dealkylation sites (tertiary alicyclic amines) is 1. The fourth-order valence-electron chi connectivity index (χ4n) is 3.52. The summed E-state index contributed by atoms with van der Waals surface area (Å²) >= 11 is 0. The zero-order chi connectivity index (χ0) is 18.5. The van der Waals surface area contributed by atoms with Crippen molar-refractivity contribution in [1.82, 2.24) is 4.90 Å². The molecule has 5 nitrogen and oxygen atoms in total. The van der Waals surface area contributed by atoms with Gasteiger partial charge in [-0.2, -0.15) is 0 Å². The van der Waals surface area contributed by atoms with E-state index in [9.17, 15) is 9.59 Å². The maximum atomic E-state index is 12.7. The number of amides is 2. The molecule has 1 aliphatic rings. The first-order chi connectivity index (χ1) is 12.5. The first-order valence-corrected chi connectivity index (χ1v) is 9.00. The molecule has 1 fully saturated rings. The zero-order valence-corrected chi connectivity index (χ0v) is 15.1. The van der Waals surface area contributed by atoms with Gasteiger partial charge in [0, 0.05) is 13.1 Å². The van der Waals surface area contributed by atoms with Gasteiger partial charge in [-0.05, 0) is 44.0 Å². The summed E-state index contributed by atoms with van der Waals surface area (Å²) < 4.78 is 0. The number of rotatable bonds is 5. The first kappa shape index (κ1) is 18.1. The Kier molecular flexibility index (Phi) is 5.68. The second-order valence-electron chi connectivity index (χ2n) is 6.96. The highest BCUT2D eigenvalue weighted by atomic mass is 16.2. The second-order valence-corrected chi connectivity index (χ2v) is 6.96. The highest BCUT2D eigenvalue weighted by Gasteiger charge is 2.26. The number of primary amides is 1. The Morgan fingerprint density at radius 2 is 2.00 bits per heavy atom. The zero-order valence-electron chi connectivity index (χ0n) is 15.1. The molecule has 5 heteroatoms. The molecule has 1 saturated heterocycles. The van der Waals surface area contributed by atoms with E-state index in [1.807, 2.05) is 0 Å². The molecular formula is C21H25N3O2. The van der Waals surface area contributed by atoms with Crippen LogP contribution in [0.15, 0.2) is 48.5 Å². The van der Waals surface area contributed by atoms with Crippen molar-refractivity contribution in [3.63, 3.8) is 0 Å². The van der Waals surface area contributed by atoms with Crippen LogP contribution >= 0.6 is 0 Å². The molecule has 1 atom stereocenters. The number of carbonyl (C=O) groups excluding carboxylic acids is 2. The predicted molar refractivity (Wildman–Crippen MR) is 103 cm³/mol. The van der Waals surface area contributed by atoms with E-state index in [-0.39, 0.29) is 11.8 Å². The van der Waals surface area contributed by atoms with Crippen LogP contribution in [0.1, 0.15) is 34.3 Å². The molecule has 3 rings (SSSR count). The average Bonchev–Trinajstić information content (AvgIpc) is 2.62. The average molecular weight is 351 g/mol. The van der Waals surface area contributed by atoms with E-state index in [0.29, 0.717) is 11.3 Å². The Balaban J connectivity index is 1.64. The predicted octanol–water partition coefficient (Wildman–Crippen LogP) is 2.94. The number of carbonyl (C=O) groups is 2. The van der Waals surface area contributed by atoms with Gasteiger partial charge < -0.3 is 11.1 Å². The maximum Gasteiger partial charge on any atom is 0.250 e. The molecule has 1 unspecified atom stereocenters. The molecule has 1 heterocycles. The Labute approximate surface area is 154 Å². The van der Waals surface area contributed by atoms with E-state index in [0.717, 1.165) is 32.5 Å². The molecule has 0 spiro atoms. The van der Waals surface area contributed by atoms with Gasteiger partial charge in [-0.15, -0.1) is 0 Å². The minimum Gasteiger partial charge on any atom is -0.366 e. The van der Waals surface area contributed by atoms with Crippen LogP contribution in [0, 0.1) is 12.8 Å². The molecule has 0 bridgehead atoms. The summed E-state index contributed by atoms with van der Waals surface area (Å²) in [5.41, 5.74) is 8.73. The lowest BCUT2D eigenvalue weighted by Gasteiger charge is -2.32. The summed E-state index contributed by atoms with van der Waals surface area (Å²) in [6.45, 7) is 4.66. The second kappa shape index (κ2) is 8.15. The third-order valence-electron chi connectivity index (χ3n) is 4.82. The van der Waals surface area contributed by atoms with Crippen molar-refractivity contribution in [2.24, 2.45) is 11.7 Å². The summed E-state index contributed by atoms with van der Waals surface area (Å²) in [4.78, 5) is 26.6. The van der Waals surface area contributed by atoms with E-state index in [2.05, 4.69) is 41.4 Å². The molecule has 3 N–H and O–H groups in total. The number of nitrogens with zero attached hydrogens (tertiary/aromatic N) is 1. The third kappa shape index (κ3) is 4.49. The molecule has 2 aromatic carbocycles. The number of benzene rings is 2. The van der Waals surface area contributed by atoms with Gasteiger partial charge in [0.25, 0.3) is 5.91 Å². The molecule has 0 aliphatic carbocycles. The van der Waals surface area contributed by atoms with Crippen LogP contribution in [0.2, 0.25) is 0 Å². The fraction of sp³-hybridized carbons (Fsp3) is 0.333. The lowest BCUT2D eigenvalue weighted by Crippen LogP contribution is -2.40. The first-order valence-electron chi connectivity index (χ1n) is 9.00. The summed E-state index contributed by atoms with van der Waals surface area (Å²) in [5, 5.41) is 2.89. The van der Waals surface area contributed by atoms with Crippen molar-refractivity contribution >= 4 is 17.5 Å². The Morgan fingerprint density at radius 1 is 1.19 bits per heavy atom. The number of hydrogen-bond acceptors (Lipinski definition) is 3. The van der Waals surface area contributed by atoms with Gasteiger partial charge in [0.1, 0.15) is 0 Å². The number of anilines is 1. The monoisotopic (exact) mass is 351 g/mol. The third-order valence-corrected chi connectivity index (χ3v) is 4.82. The lowest BCUT2D eigenvalue weighted by molar-refractivity contribution is -0.121. The summed E-state index contributed by atoms with van der Waals surface area (Å²) in [7, 11) is 0. The number of para-hydroxylation sites is 1. The number of piperidine rings is 1. The van der Waals surface area contributed by atoms with Crippen LogP contribution in [0.4, 0.5) is 5.69 Å². The van der Waals surface area contributed by atoms with Crippen LogP contribution in [0.5, 0.6) is 0 Å². The minimum absolute atomic E-state index is 0.0485. The van der Waals surface area contributed by atoms with Gasteiger partial charge in [0.15, 0.2) is 0 Å². The molecular weight excluding hydrogens is 326 g/mol. The molecule has 0 radical (unpaired) electrons. The maximum absolute atomic E-state index is 12.7. The van der Waals surface area contributed by atoms with Gasteiger partial charge >= 0.3 is 0 Å². The normalized spacial score (nSPS) is 17.7. The van der Waals surface area contributed by atoms with Crippen molar-refractivity contribution < 1.29 is 9.59 Å². The standard InChI is InChI=1S/C21H25N3O2/c1-15-6-4-7-16(12-15)13-24-11-5-8-17(14-24)21(26)23-19-10-3-2-9-18(19)20(22)25/h2-4,6-7,9-10,12,17H,5,8,11,13-14H2,1H3,(H2,22,25)(H,23,26). The molecule has 1 aliphatic heterocycles. The van der Waals surface area contributed by atoms with Crippen molar-refractivity contribution in [3.8, 4) is 0 Å². The van der Waals surface area contributed by atoms with Crippen molar-refractivity contribution in [1.29, 1.82) is 0 Å². The highest BCUT2D eigenvalue weighted by molar-refractivity contribution is 6.03. The highest BCUT2D eigenvalue weighted by Crippen LogP contribution is 2.22. The van der Waals surface area contributed by atoms with Crippen LogP contribution in [-0.2, 0) is 11.3 Å². The van der Waals surface area contributed by atoms with E-state index in [1.54, 1.807) is 24.3 Å². The van der Waals surface area contributed by atoms with Gasteiger partial charge in [-0.3, -0.25) is 14.5 Å². The van der Waals surface area contributed by atoms with Crippen LogP contribution in [-0.4, -0.2) is 29.8 Å². The van der Waals surface area contributed by atoms with Crippen molar-refractivity contribution in [2.75, 3.05) is 18.4 Å². The Bertz CT molecular complexity index is 803. The topological polar surface area (TPSA) is 75.4 Å². The smallest absolute Gasteiger partial charge is 0.250 e. The number of hydrogen-bond donors (Lipinski definition) is 2. The molecule has 2 aromatic rings. The summed E-state index contributed by atoms with van der Waals surface area (Å²) in [6.07, 6.45) is 1.84. The van der Waals surface area contributed by atoms with Crippen LogP contribution in [0.3, 0.4) is 0 Å². The fourth-order valence-corrected chi connectivity index (χ4v) is 3.52. The quantitative estimate of drug-likeness (QED) is 0.870. The number of nitrogens with one attached hydrogen (secondary N) is 1. The molecule has 2 amide bonds. The lowest BCUT2D eigenvalue weighted by atomic mass is 9.96. The summed E-state index contributed by atoms with van der Waals surface area (Å²) in [6, 6.07) is 15.3. The largest absolute Gasteiger partial charge is 0.366 e. The van der Waals surface area contributed by atoms with Gasteiger partial charge in [0.2, 0.25) is 5.91 Å². The van der Waals surface area contributed by atoms with E-state index in [4.69, 9.17) is 5.73 Å². The van der Waals surface area contributed by atoms with Crippen molar-refractivity contribution in [3.05, 3.63) is 65.2 Å². The molecule has 0 saturated carbocycles. The van der Waals surface area contributed by atoms with E-state index in [1.165, 1.54) is 11.1 Å². The molecule has 26 heavy (non-hydrogen) atoms. The van der Waals surface area contributed by atoms with E-state index >= 15 is 0 Å². The molecule has 0 aromatic heterocycles. The number of nitrogens with two attached hydrogens (primary N) is 1. The Hall–Kier alpha value is -2.66. The Morgan fingerprint density at radius 3 is 2.77 bits per heavy atom. The van der Waals surface area contributed by atoms with Gasteiger partial charge in [-0.25, -0.2) is 0 Å². The van der Waals surface area contributed by atoms with Crippen LogP contribution < -0.4 is 11.1 Å². The SMILES string of the molecule is Cc1cccc(CN2CCCC(C(=O)Nc3ccccc3C(N)=O)C2)c1. The van der Waals surface area contributed by atoms with Gasteiger partial charge in [-0.1, -0.05) is 42.0 Å². The van der Waals surface area contributed by atoms with Crippen molar-refractivity contribution in [2.45, 2.75) is 26.3 Å². The van der Waals surface area contributed by atoms with E-state index < -0.39 is 5.91 Å².